The number of piperidine rings is 1. The van der Waals surface area contributed by atoms with Gasteiger partial charge in [-0.15, -0.1) is 6.58 Å². The fraction of sp³-hybridized carbons (Fsp3) is 0.714. The first-order valence-electron chi connectivity index (χ1n) is 10.4. The van der Waals surface area contributed by atoms with Gasteiger partial charge in [-0.2, -0.15) is 5.10 Å². The van der Waals surface area contributed by atoms with E-state index in [0.717, 1.165) is 50.4 Å². The summed E-state index contributed by atoms with van der Waals surface area (Å²) in [6.07, 6.45) is 9.93. The summed E-state index contributed by atoms with van der Waals surface area (Å²) < 4.78 is 2.03. The van der Waals surface area contributed by atoms with E-state index in [1.807, 2.05) is 15.7 Å². The Morgan fingerprint density at radius 2 is 1.92 bits per heavy atom. The van der Waals surface area contributed by atoms with E-state index < -0.39 is 0 Å². The molecule has 1 aliphatic carbocycles. The van der Waals surface area contributed by atoms with E-state index in [1.54, 1.807) is 0 Å². The van der Waals surface area contributed by atoms with Gasteiger partial charge in [0.05, 0.1) is 6.54 Å². The summed E-state index contributed by atoms with van der Waals surface area (Å²) in [5.41, 5.74) is 3.21. The van der Waals surface area contributed by atoms with Crippen molar-refractivity contribution in [1.82, 2.24) is 19.6 Å². The number of nitrogens with zero attached hydrogens (tertiary/aromatic N) is 4. The van der Waals surface area contributed by atoms with Crippen molar-refractivity contribution in [3.63, 3.8) is 0 Å². The molecule has 3 heterocycles. The van der Waals surface area contributed by atoms with Gasteiger partial charge in [0.2, 0.25) is 0 Å². The van der Waals surface area contributed by atoms with Gasteiger partial charge in [-0.3, -0.25) is 9.48 Å². The maximum Gasteiger partial charge on any atom is 0.274 e. The van der Waals surface area contributed by atoms with Crippen LogP contribution >= 0.6 is 0 Å². The smallest absolute Gasteiger partial charge is 0.274 e. The maximum atomic E-state index is 13.1. The van der Waals surface area contributed by atoms with Crippen LogP contribution in [0.3, 0.4) is 0 Å². The van der Waals surface area contributed by atoms with E-state index in [9.17, 15) is 4.79 Å². The second-order valence-corrected chi connectivity index (χ2v) is 8.36. The molecule has 2 fully saturated rings. The maximum absolute atomic E-state index is 13.1. The summed E-state index contributed by atoms with van der Waals surface area (Å²) in [6, 6.07) is 0.571. The number of rotatable bonds is 4. The number of likely N-dealkylation sites (tertiary alicyclic amines) is 2. The van der Waals surface area contributed by atoms with Gasteiger partial charge in [0.1, 0.15) is 0 Å². The first-order chi connectivity index (χ1) is 12.7. The van der Waals surface area contributed by atoms with Gasteiger partial charge in [0.25, 0.3) is 5.91 Å². The largest absolute Gasteiger partial charge is 0.337 e. The zero-order valence-corrected chi connectivity index (χ0v) is 16.1. The summed E-state index contributed by atoms with van der Waals surface area (Å²) in [5, 5.41) is 4.75. The van der Waals surface area contributed by atoms with Gasteiger partial charge in [0.15, 0.2) is 5.69 Å². The third-order valence-electron chi connectivity index (χ3n) is 6.55. The molecule has 0 N–H and O–H groups in total. The molecule has 1 aromatic rings. The van der Waals surface area contributed by atoms with Crippen LogP contribution in [0.1, 0.15) is 60.8 Å². The molecule has 26 heavy (non-hydrogen) atoms. The van der Waals surface area contributed by atoms with Crippen LogP contribution in [0.4, 0.5) is 0 Å². The van der Waals surface area contributed by atoms with Crippen LogP contribution in [-0.4, -0.2) is 57.7 Å². The molecule has 2 aliphatic heterocycles. The van der Waals surface area contributed by atoms with E-state index in [4.69, 9.17) is 5.10 Å². The quantitative estimate of drug-likeness (QED) is 0.779. The molecule has 0 radical (unpaired) electrons. The molecule has 3 aliphatic rings. The number of hydrogen-bond acceptors (Lipinski definition) is 3. The van der Waals surface area contributed by atoms with Crippen LogP contribution in [-0.2, 0) is 19.4 Å². The summed E-state index contributed by atoms with van der Waals surface area (Å²) in [7, 11) is 0. The predicted octanol–water partition coefficient (Wildman–Crippen LogP) is 2.89. The monoisotopic (exact) mass is 356 g/mol. The predicted molar refractivity (Wildman–Crippen MR) is 103 cm³/mol. The minimum Gasteiger partial charge on any atom is -0.337 e. The lowest BCUT2D eigenvalue weighted by Gasteiger charge is -2.38. The Bertz CT molecular complexity index is 666. The van der Waals surface area contributed by atoms with Crippen molar-refractivity contribution in [2.45, 2.75) is 64.5 Å². The number of hydrogen-bond donors (Lipinski definition) is 0. The molecular weight excluding hydrogens is 324 g/mol. The number of allylic oxidation sites excluding steroid dienone is 1. The van der Waals surface area contributed by atoms with E-state index >= 15 is 0 Å². The van der Waals surface area contributed by atoms with Crippen LogP contribution < -0.4 is 0 Å². The Hall–Kier alpha value is -1.62. The van der Waals surface area contributed by atoms with E-state index in [2.05, 4.69) is 18.4 Å². The lowest BCUT2D eigenvalue weighted by molar-refractivity contribution is 0.0783. The molecule has 1 unspecified atom stereocenters. The second-order valence-electron chi connectivity index (χ2n) is 8.36. The first kappa shape index (κ1) is 17.8. The molecule has 1 atom stereocenters. The SMILES string of the molecule is C=CCn1nc(C(=O)N2CCCC2)c2c1CCC(N1CCC(C)CC1)C2. The van der Waals surface area contributed by atoms with E-state index in [1.165, 1.54) is 43.6 Å². The van der Waals surface area contributed by atoms with Crippen molar-refractivity contribution in [1.29, 1.82) is 0 Å². The number of amides is 1. The molecule has 142 valence electrons. The fourth-order valence-electron chi connectivity index (χ4n) is 4.89. The Morgan fingerprint density at radius 3 is 2.62 bits per heavy atom. The van der Waals surface area contributed by atoms with Gasteiger partial charge < -0.3 is 9.80 Å². The van der Waals surface area contributed by atoms with Crippen LogP contribution in [0, 0.1) is 5.92 Å². The van der Waals surface area contributed by atoms with Crippen LogP contribution in [0.25, 0.3) is 0 Å². The van der Waals surface area contributed by atoms with Gasteiger partial charge in [-0.25, -0.2) is 0 Å². The first-order valence-corrected chi connectivity index (χ1v) is 10.4. The fourth-order valence-corrected chi connectivity index (χ4v) is 4.89. The minimum absolute atomic E-state index is 0.148. The third kappa shape index (κ3) is 3.34. The van der Waals surface area contributed by atoms with Crippen LogP contribution in [0.5, 0.6) is 0 Å². The molecule has 0 bridgehead atoms. The molecular formula is C21H32N4O. The number of aromatic nitrogens is 2. The highest BCUT2D eigenvalue weighted by molar-refractivity contribution is 5.94. The molecule has 0 spiro atoms. The molecule has 0 aromatic carbocycles. The van der Waals surface area contributed by atoms with Crippen molar-refractivity contribution < 1.29 is 4.79 Å². The zero-order chi connectivity index (χ0) is 18.1. The Morgan fingerprint density at radius 1 is 1.19 bits per heavy atom. The van der Waals surface area contributed by atoms with Crippen molar-refractivity contribution >= 4 is 5.91 Å². The highest BCUT2D eigenvalue weighted by Crippen LogP contribution is 2.31. The van der Waals surface area contributed by atoms with Gasteiger partial charge in [-0.05, 0) is 64.0 Å². The van der Waals surface area contributed by atoms with Crippen molar-refractivity contribution in [3.05, 3.63) is 29.6 Å². The topological polar surface area (TPSA) is 41.4 Å². The van der Waals surface area contributed by atoms with E-state index in [-0.39, 0.29) is 5.91 Å². The summed E-state index contributed by atoms with van der Waals surface area (Å²) >= 11 is 0. The highest BCUT2D eigenvalue weighted by atomic mass is 16.2. The molecule has 2 saturated heterocycles. The minimum atomic E-state index is 0.148. The van der Waals surface area contributed by atoms with Gasteiger partial charge in [-0.1, -0.05) is 13.0 Å². The Labute approximate surface area is 157 Å². The van der Waals surface area contributed by atoms with Gasteiger partial charge >= 0.3 is 0 Å². The molecule has 1 aromatic heterocycles. The lowest BCUT2D eigenvalue weighted by atomic mass is 9.88. The van der Waals surface area contributed by atoms with Crippen molar-refractivity contribution in [3.8, 4) is 0 Å². The lowest BCUT2D eigenvalue weighted by Crippen LogP contribution is -2.44. The highest BCUT2D eigenvalue weighted by Gasteiger charge is 2.34. The van der Waals surface area contributed by atoms with E-state index in [0.29, 0.717) is 12.6 Å². The molecule has 5 heteroatoms. The number of carbonyl (C=O) groups is 1. The van der Waals surface area contributed by atoms with Gasteiger partial charge in [0, 0.05) is 30.4 Å². The van der Waals surface area contributed by atoms with Crippen molar-refractivity contribution in [2.75, 3.05) is 26.2 Å². The zero-order valence-electron chi connectivity index (χ0n) is 16.1. The van der Waals surface area contributed by atoms with Crippen LogP contribution in [0.15, 0.2) is 12.7 Å². The molecule has 4 rings (SSSR count). The summed E-state index contributed by atoms with van der Waals surface area (Å²) in [6.45, 7) is 11.1. The molecule has 5 nitrogen and oxygen atoms in total. The number of fused-ring (bicyclic) bond motifs is 1. The second kappa shape index (κ2) is 7.55. The van der Waals surface area contributed by atoms with Crippen molar-refractivity contribution in [2.24, 2.45) is 5.92 Å². The molecule has 1 amide bonds. The normalized spacial score (nSPS) is 24.7. The summed E-state index contributed by atoms with van der Waals surface area (Å²) in [4.78, 5) is 17.7. The standard InChI is InChI=1S/C21H32N4O/c1-3-10-25-19-7-6-17(23-13-8-16(2)9-14-23)15-18(19)20(22-25)21(26)24-11-4-5-12-24/h3,16-17H,1,4-15H2,2H3. The Balaban J connectivity index is 1.58. The average Bonchev–Trinajstić information content (AvgIpc) is 3.30. The summed E-state index contributed by atoms with van der Waals surface area (Å²) in [5.74, 6) is 1.00. The molecule has 0 saturated carbocycles. The Kier molecular flexibility index (Phi) is 5.16. The van der Waals surface area contributed by atoms with Crippen LogP contribution in [0.2, 0.25) is 0 Å². The number of carbonyl (C=O) groups excluding carboxylic acids is 1. The third-order valence-corrected chi connectivity index (χ3v) is 6.55. The average molecular weight is 357 g/mol.